The van der Waals surface area contributed by atoms with E-state index in [-0.39, 0.29) is 5.82 Å². The third-order valence-corrected chi connectivity index (χ3v) is 3.46. The highest BCUT2D eigenvalue weighted by atomic mass is 19.1. The van der Waals surface area contributed by atoms with Gasteiger partial charge in [0.1, 0.15) is 11.6 Å². The molecule has 17 heavy (non-hydrogen) atoms. The van der Waals surface area contributed by atoms with Crippen LogP contribution in [0.1, 0.15) is 32.6 Å². The average Bonchev–Trinajstić information content (AvgIpc) is 2.35. The molecule has 92 valence electrons. The van der Waals surface area contributed by atoms with Crippen LogP contribution >= 0.6 is 0 Å². The van der Waals surface area contributed by atoms with Crippen molar-refractivity contribution >= 4 is 11.5 Å². The van der Waals surface area contributed by atoms with E-state index in [4.69, 9.17) is 0 Å². The molecule has 2 nitrogen and oxygen atoms in total. The largest absolute Gasteiger partial charge is 0.366 e. The molecule has 1 fully saturated rings. The first-order valence-corrected chi connectivity index (χ1v) is 6.25. The minimum Gasteiger partial charge on any atom is -0.366 e. The van der Waals surface area contributed by atoms with Gasteiger partial charge in [-0.3, -0.25) is 4.79 Å². The number of para-hydroxylation sites is 1. The lowest BCUT2D eigenvalue weighted by Gasteiger charge is -2.35. The van der Waals surface area contributed by atoms with Crippen LogP contribution in [0.2, 0.25) is 0 Å². The van der Waals surface area contributed by atoms with Crippen LogP contribution in [0.4, 0.5) is 10.1 Å². The Morgan fingerprint density at radius 1 is 1.29 bits per heavy atom. The first-order chi connectivity index (χ1) is 8.22. The summed E-state index contributed by atoms with van der Waals surface area (Å²) in [5.41, 5.74) is 0.661. The third-order valence-electron chi connectivity index (χ3n) is 3.46. The summed E-state index contributed by atoms with van der Waals surface area (Å²) in [4.78, 5) is 13.3. The van der Waals surface area contributed by atoms with Gasteiger partial charge in [0.2, 0.25) is 0 Å². The Labute approximate surface area is 101 Å². The number of anilines is 1. The summed E-state index contributed by atoms with van der Waals surface area (Å²) in [6.07, 6.45) is 2.97. The molecule has 0 unspecified atom stereocenters. The highest BCUT2D eigenvalue weighted by molar-refractivity contribution is 5.79. The maximum Gasteiger partial charge on any atom is 0.146 e. The summed E-state index contributed by atoms with van der Waals surface area (Å²) < 4.78 is 13.7. The summed E-state index contributed by atoms with van der Waals surface area (Å²) in [5, 5.41) is 0. The molecule has 0 radical (unpaired) electrons. The van der Waals surface area contributed by atoms with Gasteiger partial charge in [0.15, 0.2) is 0 Å². The van der Waals surface area contributed by atoms with Gasteiger partial charge in [-0.2, -0.15) is 0 Å². The van der Waals surface area contributed by atoms with E-state index in [1.54, 1.807) is 6.07 Å². The Kier molecular flexibility index (Phi) is 3.77. The Bertz CT molecular complexity index is 395. The second-order valence-corrected chi connectivity index (χ2v) is 4.51. The Morgan fingerprint density at radius 2 is 1.94 bits per heavy atom. The lowest BCUT2D eigenvalue weighted by atomic mass is 9.93. The zero-order valence-corrected chi connectivity index (χ0v) is 10.2. The molecule has 3 heteroatoms. The molecule has 0 bridgehead atoms. The number of carbonyl (C=O) groups excluding carboxylic acids is 1. The van der Waals surface area contributed by atoms with Gasteiger partial charge in [-0.25, -0.2) is 4.39 Å². The lowest BCUT2D eigenvalue weighted by molar-refractivity contribution is -0.120. The highest BCUT2D eigenvalue weighted by Crippen LogP contribution is 2.27. The summed E-state index contributed by atoms with van der Waals surface area (Å²) in [6.45, 7) is 2.81. The van der Waals surface area contributed by atoms with E-state index in [9.17, 15) is 9.18 Å². The summed E-state index contributed by atoms with van der Waals surface area (Å²) >= 11 is 0. The first kappa shape index (κ1) is 12.1. The molecule has 0 saturated heterocycles. The van der Waals surface area contributed by atoms with Crippen molar-refractivity contribution in [1.82, 2.24) is 0 Å². The van der Waals surface area contributed by atoms with Gasteiger partial charge in [-0.15, -0.1) is 0 Å². The van der Waals surface area contributed by atoms with Crippen molar-refractivity contribution in [2.24, 2.45) is 0 Å². The van der Waals surface area contributed by atoms with Gasteiger partial charge in [0.05, 0.1) is 5.69 Å². The number of Topliss-reactive ketones (excluding diaryl/α,β-unsaturated/α-hetero) is 1. The van der Waals surface area contributed by atoms with Crippen LogP contribution in [-0.4, -0.2) is 18.4 Å². The zero-order valence-electron chi connectivity index (χ0n) is 10.2. The second-order valence-electron chi connectivity index (χ2n) is 4.51. The van der Waals surface area contributed by atoms with E-state index in [1.165, 1.54) is 6.07 Å². The second kappa shape index (κ2) is 5.30. The molecule has 0 spiro atoms. The maximum atomic E-state index is 13.7. The Balaban J connectivity index is 2.16. The van der Waals surface area contributed by atoms with Crippen LogP contribution in [-0.2, 0) is 4.79 Å². The number of nitrogens with zero attached hydrogens (tertiary/aromatic N) is 1. The van der Waals surface area contributed by atoms with Gasteiger partial charge in [-0.05, 0) is 31.9 Å². The van der Waals surface area contributed by atoms with Crippen molar-refractivity contribution in [3.8, 4) is 0 Å². The quantitative estimate of drug-likeness (QED) is 0.802. The van der Waals surface area contributed by atoms with E-state index >= 15 is 0 Å². The lowest BCUT2D eigenvalue weighted by Crippen LogP contribution is -2.38. The summed E-state index contributed by atoms with van der Waals surface area (Å²) in [6, 6.07) is 7.17. The van der Waals surface area contributed by atoms with Crippen LogP contribution in [0.25, 0.3) is 0 Å². The number of halogens is 1. The molecular weight excluding hydrogens is 217 g/mol. The normalized spacial score (nSPS) is 17.2. The van der Waals surface area contributed by atoms with Crippen molar-refractivity contribution < 1.29 is 9.18 Å². The molecule has 0 aromatic heterocycles. The number of rotatable bonds is 3. The molecule has 1 aromatic rings. The average molecular weight is 235 g/mol. The Morgan fingerprint density at radius 3 is 2.53 bits per heavy atom. The standard InChI is InChI=1S/C14H18FNO/c1-2-16(11-7-9-12(17)10-8-11)14-6-4-3-5-13(14)15/h3-6,11H,2,7-10H2,1H3. The van der Waals surface area contributed by atoms with Crippen LogP contribution in [0.3, 0.4) is 0 Å². The van der Waals surface area contributed by atoms with E-state index < -0.39 is 0 Å². The third kappa shape index (κ3) is 2.65. The monoisotopic (exact) mass is 235 g/mol. The van der Waals surface area contributed by atoms with Gasteiger partial charge in [0, 0.05) is 25.4 Å². The molecule has 0 amide bonds. The molecule has 1 saturated carbocycles. The maximum absolute atomic E-state index is 13.7. The van der Waals surface area contributed by atoms with E-state index in [0.717, 1.165) is 19.4 Å². The number of benzene rings is 1. The van der Waals surface area contributed by atoms with Crippen LogP contribution in [0, 0.1) is 5.82 Å². The van der Waals surface area contributed by atoms with Crippen LogP contribution in [0.15, 0.2) is 24.3 Å². The van der Waals surface area contributed by atoms with Gasteiger partial charge in [0.25, 0.3) is 0 Å². The molecule has 1 aliphatic carbocycles. The van der Waals surface area contributed by atoms with Gasteiger partial charge in [-0.1, -0.05) is 12.1 Å². The zero-order chi connectivity index (χ0) is 12.3. The molecule has 1 aromatic carbocycles. The number of ketones is 1. The predicted octanol–water partition coefficient (Wildman–Crippen LogP) is 3.16. The smallest absolute Gasteiger partial charge is 0.146 e. The van der Waals surface area contributed by atoms with Crippen LogP contribution in [0.5, 0.6) is 0 Å². The molecule has 0 heterocycles. The fourth-order valence-corrected chi connectivity index (χ4v) is 2.55. The topological polar surface area (TPSA) is 20.3 Å². The summed E-state index contributed by atoms with van der Waals surface area (Å²) in [5.74, 6) is 0.164. The van der Waals surface area contributed by atoms with Gasteiger partial charge < -0.3 is 4.90 Å². The number of hydrogen-bond donors (Lipinski definition) is 0. The predicted molar refractivity (Wildman–Crippen MR) is 66.7 cm³/mol. The van der Waals surface area contributed by atoms with Crippen molar-refractivity contribution in [3.63, 3.8) is 0 Å². The van der Waals surface area contributed by atoms with Crippen molar-refractivity contribution in [1.29, 1.82) is 0 Å². The highest BCUT2D eigenvalue weighted by Gasteiger charge is 2.24. The molecule has 0 aliphatic heterocycles. The SMILES string of the molecule is CCN(c1ccccc1F)C1CCC(=O)CC1. The molecule has 0 N–H and O–H groups in total. The number of hydrogen-bond acceptors (Lipinski definition) is 2. The van der Waals surface area contributed by atoms with Gasteiger partial charge >= 0.3 is 0 Å². The Hall–Kier alpha value is -1.38. The minimum absolute atomic E-state index is 0.175. The first-order valence-electron chi connectivity index (χ1n) is 6.25. The van der Waals surface area contributed by atoms with E-state index in [2.05, 4.69) is 4.90 Å². The molecule has 1 aliphatic rings. The van der Waals surface area contributed by atoms with Crippen molar-refractivity contribution in [2.45, 2.75) is 38.6 Å². The van der Waals surface area contributed by atoms with Crippen LogP contribution < -0.4 is 4.90 Å². The van der Waals surface area contributed by atoms with Crippen molar-refractivity contribution in [3.05, 3.63) is 30.1 Å². The number of carbonyl (C=O) groups is 1. The van der Waals surface area contributed by atoms with E-state index in [0.29, 0.717) is 30.4 Å². The molecule has 2 rings (SSSR count). The minimum atomic E-state index is -0.175. The molecule has 0 atom stereocenters. The molecular formula is C14H18FNO. The fourth-order valence-electron chi connectivity index (χ4n) is 2.55. The van der Waals surface area contributed by atoms with E-state index in [1.807, 2.05) is 19.1 Å². The summed E-state index contributed by atoms with van der Waals surface area (Å²) in [7, 11) is 0. The van der Waals surface area contributed by atoms with Crippen molar-refractivity contribution in [2.75, 3.05) is 11.4 Å². The fraction of sp³-hybridized carbons (Fsp3) is 0.500.